The summed E-state index contributed by atoms with van der Waals surface area (Å²) in [5, 5.41) is 23.7. The largest absolute Gasteiger partial charge is 0.390 e. The van der Waals surface area contributed by atoms with E-state index in [0.717, 1.165) is 29.0 Å². The molecule has 33 heavy (non-hydrogen) atoms. The second kappa shape index (κ2) is 8.77. The molecule has 1 aliphatic carbocycles. The third-order valence-corrected chi connectivity index (χ3v) is 7.31. The standard InChI is InChI=1S/C23H24F2N4O3S/c1-11-8-12(9-17(30)23(11,2)32)13-6-7-27-10-16(13)28-21(31)19-20(26)33-22(29-19)18-14(24)4-3-5-15(18)25/h3-7,10-12,17,30,32H,8-9,26H2,1-2H3,(H,28,31)/t11-,12+,17+,23+/m0/s1. The lowest BCUT2D eigenvalue weighted by Crippen LogP contribution is -2.49. The molecule has 174 valence electrons. The van der Waals surface area contributed by atoms with Crippen molar-refractivity contribution in [3.8, 4) is 10.6 Å². The summed E-state index contributed by atoms with van der Waals surface area (Å²) in [7, 11) is 0. The van der Waals surface area contributed by atoms with Crippen molar-refractivity contribution in [2.45, 2.75) is 44.3 Å². The molecule has 7 nitrogen and oxygen atoms in total. The molecule has 1 fully saturated rings. The highest BCUT2D eigenvalue weighted by atomic mass is 32.1. The number of anilines is 2. The number of carbonyl (C=O) groups is 1. The highest BCUT2D eigenvalue weighted by Crippen LogP contribution is 2.43. The van der Waals surface area contributed by atoms with Crippen molar-refractivity contribution in [3.05, 3.63) is 59.6 Å². The van der Waals surface area contributed by atoms with Gasteiger partial charge in [-0.1, -0.05) is 24.3 Å². The van der Waals surface area contributed by atoms with Gasteiger partial charge in [-0.25, -0.2) is 13.8 Å². The average molecular weight is 475 g/mol. The van der Waals surface area contributed by atoms with E-state index in [1.807, 2.05) is 6.92 Å². The molecule has 3 aromatic rings. The zero-order chi connectivity index (χ0) is 23.9. The molecule has 2 heterocycles. The van der Waals surface area contributed by atoms with Gasteiger partial charge in [0.15, 0.2) is 5.69 Å². The second-order valence-corrected chi connectivity index (χ2v) is 9.59. The number of thiazole rings is 1. The third kappa shape index (κ3) is 4.33. The van der Waals surface area contributed by atoms with Crippen LogP contribution in [0.15, 0.2) is 36.7 Å². The number of rotatable bonds is 4. The summed E-state index contributed by atoms with van der Waals surface area (Å²) in [4.78, 5) is 21.1. The van der Waals surface area contributed by atoms with E-state index in [0.29, 0.717) is 18.5 Å². The summed E-state index contributed by atoms with van der Waals surface area (Å²) < 4.78 is 28.3. The minimum Gasteiger partial charge on any atom is -0.390 e. The molecule has 0 radical (unpaired) electrons. The molecule has 0 saturated heterocycles. The number of carbonyl (C=O) groups excluding carboxylic acids is 1. The van der Waals surface area contributed by atoms with Crippen molar-refractivity contribution in [1.82, 2.24) is 9.97 Å². The highest BCUT2D eigenvalue weighted by molar-refractivity contribution is 7.19. The van der Waals surface area contributed by atoms with Crippen molar-refractivity contribution in [3.63, 3.8) is 0 Å². The summed E-state index contributed by atoms with van der Waals surface area (Å²) in [6.07, 6.45) is 3.07. The van der Waals surface area contributed by atoms with Gasteiger partial charge < -0.3 is 21.3 Å². The van der Waals surface area contributed by atoms with E-state index >= 15 is 0 Å². The Hall–Kier alpha value is -2.95. The summed E-state index contributed by atoms with van der Waals surface area (Å²) >= 11 is 0.817. The van der Waals surface area contributed by atoms with Gasteiger partial charge >= 0.3 is 0 Å². The monoisotopic (exact) mass is 474 g/mol. The molecule has 0 aliphatic heterocycles. The van der Waals surface area contributed by atoms with Crippen molar-refractivity contribution >= 4 is 27.9 Å². The van der Waals surface area contributed by atoms with Gasteiger partial charge in [-0.05, 0) is 55.4 Å². The van der Waals surface area contributed by atoms with Crippen LogP contribution >= 0.6 is 11.3 Å². The first kappa shape index (κ1) is 23.2. The molecular formula is C23H24F2N4O3S. The average Bonchev–Trinajstić information content (AvgIpc) is 3.13. The Balaban J connectivity index is 1.61. The van der Waals surface area contributed by atoms with Crippen molar-refractivity contribution < 1.29 is 23.8 Å². The van der Waals surface area contributed by atoms with Crippen molar-refractivity contribution in [1.29, 1.82) is 0 Å². The van der Waals surface area contributed by atoms with Crippen molar-refractivity contribution in [2.24, 2.45) is 5.92 Å². The number of hydrogen-bond donors (Lipinski definition) is 4. The first-order valence-corrected chi connectivity index (χ1v) is 11.3. The molecule has 0 unspecified atom stereocenters. The lowest BCUT2D eigenvalue weighted by molar-refractivity contribution is -0.123. The van der Waals surface area contributed by atoms with E-state index in [4.69, 9.17) is 5.73 Å². The Morgan fingerprint density at radius 1 is 1.27 bits per heavy atom. The molecule has 5 N–H and O–H groups in total. The molecule has 4 atom stereocenters. The SMILES string of the molecule is C[C@H]1C[C@@H](c2ccncc2NC(=O)c2nc(-c3c(F)cccc3F)sc2N)C[C@@H](O)[C@]1(C)O. The quantitative estimate of drug-likeness (QED) is 0.454. The van der Waals surface area contributed by atoms with Crippen LogP contribution in [0, 0.1) is 17.6 Å². The summed E-state index contributed by atoms with van der Waals surface area (Å²) in [5.74, 6) is -2.53. The predicted octanol–water partition coefficient (Wildman–Crippen LogP) is 3.94. The lowest BCUT2D eigenvalue weighted by atomic mass is 9.69. The van der Waals surface area contributed by atoms with Crippen LogP contribution in [0.1, 0.15) is 48.7 Å². The van der Waals surface area contributed by atoms with E-state index in [1.165, 1.54) is 12.3 Å². The summed E-state index contributed by atoms with van der Waals surface area (Å²) in [5.41, 5.74) is 5.45. The second-order valence-electron chi connectivity index (χ2n) is 8.56. The van der Waals surface area contributed by atoms with Crippen LogP contribution in [-0.4, -0.2) is 37.8 Å². The van der Waals surface area contributed by atoms with Gasteiger partial charge in [-0.15, -0.1) is 0 Å². The maximum Gasteiger partial charge on any atom is 0.277 e. The molecule has 2 aromatic heterocycles. The Kier molecular flexibility index (Phi) is 6.17. The Morgan fingerprint density at radius 3 is 2.64 bits per heavy atom. The number of hydrogen-bond acceptors (Lipinski definition) is 7. The van der Waals surface area contributed by atoms with Gasteiger partial charge in [0, 0.05) is 6.20 Å². The Morgan fingerprint density at radius 2 is 1.97 bits per heavy atom. The number of nitrogens with one attached hydrogen (secondary N) is 1. The lowest BCUT2D eigenvalue weighted by Gasteiger charge is -2.43. The fourth-order valence-corrected chi connectivity index (χ4v) is 5.08. The minimum atomic E-state index is -1.19. The molecule has 1 saturated carbocycles. The van der Waals surface area contributed by atoms with E-state index in [2.05, 4.69) is 15.3 Å². The molecule has 0 bridgehead atoms. The van der Waals surface area contributed by atoms with Crippen LogP contribution in [0.5, 0.6) is 0 Å². The van der Waals surface area contributed by atoms with E-state index in [-0.39, 0.29) is 33.1 Å². The summed E-state index contributed by atoms with van der Waals surface area (Å²) in [6, 6.07) is 5.21. The van der Waals surface area contributed by atoms with E-state index < -0.39 is 29.2 Å². The van der Waals surface area contributed by atoms with Crippen LogP contribution in [-0.2, 0) is 0 Å². The molecule has 1 amide bonds. The van der Waals surface area contributed by atoms with Gasteiger partial charge in [-0.2, -0.15) is 0 Å². The molecule has 1 aromatic carbocycles. The number of halogens is 2. The normalized spacial score (nSPS) is 25.1. The number of nitrogens with zero attached hydrogens (tertiary/aromatic N) is 2. The first-order valence-electron chi connectivity index (χ1n) is 10.5. The smallest absolute Gasteiger partial charge is 0.277 e. The van der Waals surface area contributed by atoms with Crippen LogP contribution in [0.4, 0.5) is 19.5 Å². The number of amides is 1. The fourth-order valence-electron chi connectivity index (χ4n) is 4.20. The number of aliphatic hydroxyl groups excluding tert-OH is 1. The predicted molar refractivity (Wildman–Crippen MR) is 122 cm³/mol. The maximum atomic E-state index is 14.1. The fraction of sp³-hybridized carbons (Fsp3) is 0.348. The summed E-state index contributed by atoms with van der Waals surface area (Å²) in [6.45, 7) is 3.49. The number of benzene rings is 1. The minimum absolute atomic E-state index is 0.0216. The maximum absolute atomic E-state index is 14.1. The first-order chi connectivity index (χ1) is 15.6. The molecule has 4 rings (SSSR count). The highest BCUT2D eigenvalue weighted by Gasteiger charge is 2.43. The van der Waals surface area contributed by atoms with Crippen LogP contribution < -0.4 is 11.1 Å². The molecule has 1 aliphatic rings. The Labute approximate surface area is 193 Å². The topological polar surface area (TPSA) is 121 Å². The zero-order valence-corrected chi connectivity index (χ0v) is 18.9. The number of pyridine rings is 1. The molecule has 10 heteroatoms. The van der Waals surface area contributed by atoms with Crippen LogP contribution in [0.3, 0.4) is 0 Å². The van der Waals surface area contributed by atoms with Gasteiger partial charge in [0.1, 0.15) is 21.6 Å². The molecular weight excluding hydrogens is 450 g/mol. The Bertz CT molecular complexity index is 1170. The van der Waals surface area contributed by atoms with E-state index in [1.54, 1.807) is 19.2 Å². The molecule has 0 spiro atoms. The van der Waals surface area contributed by atoms with Gasteiger partial charge in [0.05, 0.1) is 29.2 Å². The van der Waals surface area contributed by atoms with Gasteiger partial charge in [0.25, 0.3) is 5.91 Å². The zero-order valence-electron chi connectivity index (χ0n) is 18.0. The van der Waals surface area contributed by atoms with Crippen LogP contribution in [0.2, 0.25) is 0 Å². The van der Waals surface area contributed by atoms with Gasteiger partial charge in [0.2, 0.25) is 0 Å². The number of aliphatic hydroxyl groups is 2. The number of nitrogen functional groups attached to an aromatic ring is 1. The van der Waals surface area contributed by atoms with Gasteiger partial charge in [-0.3, -0.25) is 9.78 Å². The third-order valence-electron chi connectivity index (χ3n) is 6.41. The number of aromatic nitrogens is 2. The number of nitrogens with two attached hydrogens (primary N) is 1. The van der Waals surface area contributed by atoms with Crippen molar-refractivity contribution in [2.75, 3.05) is 11.1 Å². The van der Waals surface area contributed by atoms with Crippen LogP contribution in [0.25, 0.3) is 10.6 Å². The van der Waals surface area contributed by atoms with E-state index in [9.17, 15) is 23.8 Å².